The molecule has 1 heterocycles. The van der Waals surface area contributed by atoms with Crippen molar-refractivity contribution in [2.45, 2.75) is 70.5 Å². The number of rotatable bonds is 2. The van der Waals surface area contributed by atoms with Crippen molar-refractivity contribution < 1.29 is 14.6 Å². The summed E-state index contributed by atoms with van der Waals surface area (Å²) in [4.78, 5) is 11.4. The van der Waals surface area contributed by atoms with Crippen molar-refractivity contribution in [3.8, 4) is 0 Å². The Morgan fingerprint density at radius 3 is 2.80 bits per heavy atom. The lowest BCUT2D eigenvalue weighted by molar-refractivity contribution is -0.150. The molecule has 0 spiro atoms. The number of carbonyl (C=O) groups is 1. The van der Waals surface area contributed by atoms with E-state index in [0.29, 0.717) is 6.42 Å². The number of esters is 1. The van der Waals surface area contributed by atoms with Gasteiger partial charge in [0, 0.05) is 6.42 Å². The topological polar surface area (TPSA) is 46.5 Å². The number of hydrogen-bond acceptors (Lipinski definition) is 3. The first-order valence-electron chi connectivity index (χ1n) is 6.10. The third-order valence-corrected chi connectivity index (χ3v) is 2.89. The average molecular weight is 214 g/mol. The average Bonchev–Trinajstić information content (AvgIpc) is 2.17. The Balaban J connectivity index is 2.41. The van der Waals surface area contributed by atoms with E-state index in [2.05, 4.69) is 6.92 Å². The van der Waals surface area contributed by atoms with Gasteiger partial charge in [-0.15, -0.1) is 0 Å². The van der Waals surface area contributed by atoms with Crippen molar-refractivity contribution in [2.24, 2.45) is 0 Å². The molecule has 2 atom stereocenters. The van der Waals surface area contributed by atoms with Crippen LogP contribution in [0.1, 0.15) is 58.3 Å². The minimum atomic E-state index is -0.224. The molecule has 3 heteroatoms. The fraction of sp³-hybridized carbons (Fsp3) is 0.917. The summed E-state index contributed by atoms with van der Waals surface area (Å²) in [6.07, 6.45) is 6.48. The summed E-state index contributed by atoms with van der Waals surface area (Å²) >= 11 is 0. The number of aliphatic hydroxyl groups excluding tert-OH is 1. The maximum atomic E-state index is 11.4. The van der Waals surface area contributed by atoms with Crippen LogP contribution in [0, 0.1) is 0 Å². The van der Waals surface area contributed by atoms with Crippen LogP contribution in [-0.4, -0.2) is 23.3 Å². The zero-order valence-corrected chi connectivity index (χ0v) is 9.58. The van der Waals surface area contributed by atoms with E-state index in [-0.39, 0.29) is 18.2 Å². The highest BCUT2D eigenvalue weighted by atomic mass is 16.5. The Labute approximate surface area is 91.8 Å². The standard InChI is InChI=1S/C12H22O3/c1-2-5-11-8-3-6-10(13)7-4-9-12(14)15-11/h10-11,13H,2-9H2,1H3. The van der Waals surface area contributed by atoms with Gasteiger partial charge in [-0.25, -0.2) is 0 Å². The van der Waals surface area contributed by atoms with E-state index in [0.717, 1.165) is 44.9 Å². The molecule has 1 N–H and O–H groups in total. The minimum absolute atomic E-state index is 0.0767. The van der Waals surface area contributed by atoms with Crippen LogP contribution in [0.25, 0.3) is 0 Å². The second-order valence-corrected chi connectivity index (χ2v) is 4.38. The highest BCUT2D eigenvalue weighted by molar-refractivity contribution is 5.69. The fourth-order valence-electron chi connectivity index (χ4n) is 2.04. The summed E-state index contributed by atoms with van der Waals surface area (Å²) in [6, 6.07) is 0. The normalized spacial score (nSPS) is 29.6. The van der Waals surface area contributed by atoms with E-state index in [4.69, 9.17) is 4.74 Å². The molecule has 1 saturated heterocycles. The minimum Gasteiger partial charge on any atom is -0.462 e. The molecule has 0 saturated carbocycles. The molecule has 0 amide bonds. The van der Waals surface area contributed by atoms with Crippen molar-refractivity contribution in [2.75, 3.05) is 0 Å². The lowest BCUT2D eigenvalue weighted by Gasteiger charge is -2.20. The summed E-state index contributed by atoms with van der Waals surface area (Å²) in [5.74, 6) is -0.0949. The van der Waals surface area contributed by atoms with Gasteiger partial charge in [-0.05, 0) is 38.5 Å². The fourth-order valence-corrected chi connectivity index (χ4v) is 2.04. The van der Waals surface area contributed by atoms with E-state index in [9.17, 15) is 9.90 Å². The molecule has 0 radical (unpaired) electrons. The largest absolute Gasteiger partial charge is 0.462 e. The molecule has 0 aromatic heterocycles. The molecule has 0 aliphatic carbocycles. The van der Waals surface area contributed by atoms with Gasteiger partial charge in [-0.2, -0.15) is 0 Å². The van der Waals surface area contributed by atoms with E-state index in [1.807, 2.05) is 0 Å². The summed E-state index contributed by atoms with van der Waals surface area (Å²) in [6.45, 7) is 2.10. The van der Waals surface area contributed by atoms with Gasteiger partial charge in [-0.1, -0.05) is 13.3 Å². The van der Waals surface area contributed by atoms with E-state index < -0.39 is 0 Å². The highest BCUT2D eigenvalue weighted by Crippen LogP contribution is 2.17. The maximum Gasteiger partial charge on any atom is 0.306 e. The van der Waals surface area contributed by atoms with Gasteiger partial charge in [-0.3, -0.25) is 4.79 Å². The summed E-state index contributed by atoms with van der Waals surface area (Å²) in [7, 11) is 0. The van der Waals surface area contributed by atoms with E-state index >= 15 is 0 Å². The SMILES string of the molecule is CCCC1CCCC(O)CCCC(=O)O1. The summed E-state index contributed by atoms with van der Waals surface area (Å²) < 4.78 is 5.38. The molecular formula is C12H22O3. The van der Waals surface area contributed by atoms with E-state index in [1.165, 1.54) is 0 Å². The van der Waals surface area contributed by atoms with Gasteiger partial charge in [0.15, 0.2) is 0 Å². The number of carbonyl (C=O) groups excluding carboxylic acids is 1. The number of cyclic esters (lactones) is 1. The molecule has 1 aliphatic rings. The molecule has 1 fully saturated rings. The van der Waals surface area contributed by atoms with Crippen LogP contribution in [0.15, 0.2) is 0 Å². The Kier molecular flexibility index (Phi) is 5.69. The first-order chi connectivity index (χ1) is 7.22. The van der Waals surface area contributed by atoms with Gasteiger partial charge < -0.3 is 9.84 Å². The molecule has 1 aliphatic heterocycles. The monoisotopic (exact) mass is 214 g/mol. The van der Waals surface area contributed by atoms with Crippen LogP contribution in [0.3, 0.4) is 0 Å². The van der Waals surface area contributed by atoms with Crippen LogP contribution >= 0.6 is 0 Å². The summed E-state index contributed by atoms with van der Waals surface area (Å²) in [5.41, 5.74) is 0. The second kappa shape index (κ2) is 6.83. The van der Waals surface area contributed by atoms with Crippen LogP contribution in [0.4, 0.5) is 0 Å². The molecule has 0 aromatic rings. The first-order valence-corrected chi connectivity index (χ1v) is 6.10. The number of aliphatic hydroxyl groups is 1. The Morgan fingerprint density at radius 2 is 2.07 bits per heavy atom. The zero-order chi connectivity index (χ0) is 11.1. The van der Waals surface area contributed by atoms with Gasteiger partial charge in [0.25, 0.3) is 0 Å². The van der Waals surface area contributed by atoms with Crippen molar-refractivity contribution in [3.63, 3.8) is 0 Å². The van der Waals surface area contributed by atoms with Gasteiger partial charge in [0.1, 0.15) is 6.10 Å². The smallest absolute Gasteiger partial charge is 0.306 e. The molecular weight excluding hydrogens is 192 g/mol. The van der Waals surface area contributed by atoms with E-state index in [1.54, 1.807) is 0 Å². The quantitative estimate of drug-likeness (QED) is 0.718. The number of ether oxygens (including phenoxy) is 1. The van der Waals surface area contributed by atoms with Crippen LogP contribution in [-0.2, 0) is 9.53 Å². The highest BCUT2D eigenvalue weighted by Gasteiger charge is 2.16. The molecule has 1 rings (SSSR count). The molecule has 3 nitrogen and oxygen atoms in total. The van der Waals surface area contributed by atoms with Crippen molar-refractivity contribution >= 4 is 5.97 Å². The van der Waals surface area contributed by atoms with Crippen LogP contribution < -0.4 is 0 Å². The third-order valence-electron chi connectivity index (χ3n) is 2.89. The van der Waals surface area contributed by atoms with Crippen LogP contribution in [0.5, 0.6) is 0 Å². The second-order valence-electron chi connectivity index (χ2n) is 4.38. The zero-order valence-electron chi connectivity index (χ0n) is 9.58. The molecule has 0 bridgehead atoms. The Morgan fingerprint density at radius 1 is 1.33 bits per heavy atom. The molecule has 0 aromatic carbocycles. The van der Waals surface area contributed by atoms with Crippen molar-refractivity contribution in [1.82, 2.24) is 0 Å². The molecule has 2 unspecified atom stereocenters. The summed E-state index contributed by atoms with van der Waals surface area (Å²) in [5, 5.41) is 9.58. The Hall–Kier alpha value is -0.570. The van der Waals surface area contributed by atoms with Gasteiger partial charge in [0.05, 0.1) is 6.10 Å². The first kappa shape index (κ1) is 12.5. The molecule has 88 valence electrons. The predicted molar refractivity (Wildman–Crippen MR) is 58.5 cm³/mol. The maximum absolute atomic E-state index is 11.4. The molecule has 15 heavy (non-hydrogen) atoms. The lowest BCUT2D eigenvalue weighted by atomic mass is 10.0. The lowest BCUT2D eigenvalue weighted by Crippen LogP contribution is -2.21. The van der Waals surface area contributed by atoms with Crippen molar-refractivity contribution in [1.29, 1.82) is 0 Å². The van der Waals surface area contributed by atoms with Crippen LogP contribution in [0.2, 0.25) is 0 Å². The number of hydrogen-bond donors (Lipinski definition) is 1. The predicted octanol–water partition coefficient (Wildman–Crippen LogP) is 2.41. The third kappa shape index (κ3) is 5.17. The van der Waals surface area contributed by atoms with Gasteiger partial charge in [0.2, 0.25) is 0 Å². The Bertz CT molecular complexity index is 191. The van der Waals surface area contributed by atoms with Crippen molar-refractivity contribution in [3.05, 3.63) is 0 Å². The van der Waals surface area contributed by atoms with Gasteiger partial charge >= 0.3 is 5.97 Å².